The third-order valence-electron chi connectivity index (χ3n) is 4.90. The normalized spacial score (nSPS) is 18.5. The van der Waals surface area contributed by atoms with Crippen molar-refractivity contribution in [1.29, 1.82) is 0 Å². The van der Waals surface area contributed by atoms with Crippen LogP contribution in [0.25, 0.3) is 0 Å². The number of carbonyl (C=O) groups is 2. The van der Waals surface area contributed by atoms with E-state index in [9.17, 15) is 18.0 Å². The van der Waals surface area contributed by atoms with Gasteiger partial charge in [-0.15, -0.1) is 0 Å². The van der Waals surface area contributed by atoms with Gasteiger partial charge in [-0.2, -0.15) is 0 Å². The smallest absolute Gasteiger partial charge is 0.224 e. The topological polar surface area (TPSA) is 74.8 Å². The summed E-state index contributed by atoms with van der Waals surface area (Å²) < 4.78 is 23.4. The van der Waals surface area contributed by atoms with Crippen LogP contribution in [0, 0.1) is 0 Å². The van der Waals surface area contributed by atoms with Crippen molar-refractivity contribution >= 4 is 27.3 Å². The average Bonchev–Trinajstić information content (AvgIpc) is 2.95. The third-order valence-corrected chi connectivity index (χ3v) is 6.65. The van der Waals surface area contributed by atoms with E-state index in [-0.39, 0.29) is 35.8 Å². The lowest BCUT2D eigenvalue weighted by Crippen LogP contribution is -2.43. The Hall–Kier alpha value is -1.89. The second kappa shape index (κ2) is 8.66. The Morgan fingerprint density at radius 3 is 2.42 bits per heavy atom. The van der Waals surface area contributed by atoms with Crippen LogP contribution in [0.3, 0.4) is 0 Å². The van der Waals surface area contributed by atoms with Gasteiger partial charge in [0.25, 0.3) is 0 Å². The monoisotopic (exact) mass is 380 g/mol. The molecule has 1 aliphatic heterocycles. The summed E-state index contributed by atoms with van der Waals surface area (Å²) in [5.41, 5.74) is 1.89. The van der Waals surface area contributed by atoms with Crippen LogP contribution in [0.5, 0.6) is 0 Å². The van der Waals surface area contributed by atoms with Gasteiger partial charge in [0.1, 0.15) is 0 Å². The molecule has 0 N–H and O–H groups in total. The van der Waals surface area contributed by atoms with Crippen LogP contribution < -0.4 is 4.90 Å². The lowest BCUT2D eigenvalue weighted by molar-refractivity contribution is -0.132. The van der Waals surface area contributed by atoms with Gasteiger partial charge in [0.15, 0.2) is 9.84 Å². The van der Waals surface area contributed by atoms with Crippen LogP contribution in [0.2, 0.25) is 0 Å². The zero-order valence-corrected chi connectivity index (χ0v) is 16.6. The van der Waals surface area contributed by atoms with Crippen molar-refractivity contribution in [2.24, 2.45) is 0 Å². The first-order chi connectivity index (χ1) is 12.3. The maximum Gasteiger partial charge on any atom is 0.224 e. The number of anilines is 1. The van der Waals surface area contributed by atoms with Crippen LogP contribution in [0.1, 0.15) is 39.2 Å². The van der Waals surface area contributed by atoms with Gasteiger partial charge in [-0.25, -0.2) is 8.42 Å². The van der Waals surface area contributed by atoms with E-state index in [1.54, 1.807) is 9.80 Å². The molecule has 0 spiro atoms. The first-order valence-corrected chi connectivity index (χ1v) is 11.0. The predicted molar refractivity (Wildman–Crippen MR) is 103 cm³/mol. The molecule has 1 aromatic carbocycles. The Morgan fingerprint density at radius 1 is 1.19 bits per heavy atom. The fourth-order valence-corrected chi connectivity index (χ4v) is 5.26. The van der Waals surface area contributed by atoms with Crippen LogP contribution in [0.15, 0.2) is 24.3 Å². The Morgan fingerprint density at radius 2 is 1.88 bits per heavy atom. The molecule has 1 aliphatic rings. The van der Waals surface area contributed by atoms with E-state index in [2.05, 4.69) is 0 Å². The molecule has 1 aromatic rings. The molecule has 2 rings (SSSR count). The van der Waals surface area contributed by atoms with Crippen molar-refractivity contribution in [3.8, 4) is 0 Å². The number of benzene rings is 1. The molecule has 2 amide bonds. The van der Waals surface area contributed by atoms with E-state index in [4.69, 9.17) is 0 Å². The number of nitrogens with zero attached hydrogens (tertiary/aromatic N) is 2. The number of carbonyl (C=O) groups excluding carboxylic acids is 2. The summed E-state index contributed by atoms with van der Waals surface area (Å²) in [6.45, 7) is 6.16. The number of aryl methyl sites for hydroxylation is 1. The van der Waals surface area contributed by atoms with E-state index in [1.807, 2.05) is 38.1 Å². The van der Waals surface area contributed by atoms with E-state index < -0.39 is 9.84 Å². The summed E-state index contributed by atoms with van der Waals surface area (Å²) in [6.07, 6.45) is 1.48. The van der Waals surface area contributed by atoms with Crippen LogP contribution in [-0.2, 0) is 25.8 Å². The molecular weight excluding hydrogens is 352 g/mol. The maximum atomic E-state index is 12.7. The highest BCUT2D eigenvalue weighted by Crippen LogP contribution is 2.22. The molecule has 0 radical (unpaired) electrons. The second-order valence-electron chi connectivity index (χ2n) is 6.64. The van der Waals surface area contributed by atoms with E-state index in [0.29, 0.717) is 19.5 Å². The van der Waals surface area contributed by atoms with Crippen molar-refractivity contribution < 1.29 is 18.0 Å². The Labute approximate surface area is 156 Å². The highest BCUT2D eigenvalue weighted by Gasteiger charge is 2.33. The van der Waals surface area contributed by atoms with Crippen molar-refractivity contribution in [2.45, 2.75) is 46.1 Å². The van der Waals surface area contributed by atoms with Crippen molar-refractivity contribution in [3.63, 3.8) is 0 Å². The molecule has 1 atom stereocenters. The van der Waals surface area contributed by atoms with Crippen molar-refractivity contribution in [3.05, 3.63) is 29.8 Å². The molecule has 26 heavy (non-hydrogen) atoms. The fraction of sp³-hybridized carbons (Fsp3) is 0.579. The minimum Gasteiger partial charge on any atom is -0.339 e. The van der Waals surface area contributed by atoms with Gasteiger partial charge < -0.3 is 9.80 Å². The lowest BCUT2D eigenvalue weighted by Gasteiger charge is -2.29. The molecule has 7 heteroatoms. The van der Waals surface area contributed by atoms with Gasteiger partial charge in [-0.05, 0) is 31.4 Å². The summed E-state index contributed by atoms with van der Waals surface area (Å²) in [7, 11) is -3.04. The highest BCUT2D eigenvalue weighted by atomic mass is 32.2. The summed E-state index contributed by atoms with van der Waals surface area (Å²) >= 11 is 0. The molecule has 0 aliphatic carbocycles. The van der Waals surface area contributed by atoms with Crippen LogP contribution >= 0.6 is 0 Å². The third kappa shape index (κ3) is 4.84. The van der Waals surface area contributed by atoms with E-state index in [0.717, 1.165) is 17.7 Å². The maximum absolute atomic E-state index is 12.7. The fourth-order valence-electron chi connectivity index (χ4n) is 3.53. The van der Waals surface area contributed by atoms with Crippen molar-refractivity contribution in [1.82, 2.24) is 4.90 Å². The number of para-hydroxylation sites is 1. The minimum atomic E-state index is -3.04. The number of hydrogen-bond acceptors (Lipinski definition) is 4. The quantitative estimate of drug-likeness (QED) is 0.725. The molecule has 1 fully saturated rings. The molecule has 6 nitrogen and oxygen atoms in total. The SMILES string of the molecule is CCc1ccccc1N(CCC(=O)N(CC)C1CCS(=O)(=O)C1)C(C)=O. The highest BCUT2D eigenvalue weighted by molar-refractivity contribution is 7.91. The minimum absolute atomic E-state index is 0.0433. The van der Waals surface area contributed by atoms with E-state index in [1.165, 1.54) is 6.92 Å². The Balaban J connectivity index is 2.08. The molecule has 1 unspecified atom stereocenters. The predicted octanol–water partition coefficient (Wildman–Crippen LogP) is 2.03. The van der Waals surface area contributed by atoms with Gasteiger partial charge in [-0.3, -0.25) is 9.59 Å². The first-order valence-electron chi connectivity index (χ1n) is 9.15. The van der Waals surface area contributed by atoms with Gasteiger partial charge >= 0.3 is 0 Å². The van der Waals surface area contributed by atoms with Gasteiger partial charge in [0, 0.05) is 38.2 Å². The summed E-state index contributed by atoms with van der Waals surface area (Å²) in [5, 5.41) is 0. The van der Waals surface area contributed by atoms with Gasteiger partial charge in [0.2, 0.25) is 11.8 Å². The largest absolute Gasteiger partial charge is 0.339 e. The molecule has 144 valence electrons. The molecule has 0 aromatic heterocycles. The average molecular weight is 381 g/mol. The number of sulfone groups is 1. The molecule has 0 saturated carbocycles. The summed E-state index contributed by atoms with van der Waals surface area (Å²) in [4.78, 5) is 28.1. The molecule has 1 saturated heterocycles. The molecule has 1 heterocycles. The van der Waals surface area contributed by atoms with Gasteiger partial charge in [0.05, 0.1) is 11.5 Å². The molecular formula is C19H28N2O4S. The standard InChI is InChI=1S/C19H28N2O4S/c1-4-16-8-6-7-9-18(16)21(15(3)22)12-10-19(23)20(5-2)17-11-13-26(24,25)14-17/h6-9,17H,4-5,10-14H2,1-3H3. The second-order valence-corrected chi connectivity index (χ2v) is 8.87. The van der Waals surface area contributed by atoms with Gasteiger partial charge in [-0.1, -0.05) is 25.1 Å². The lowest BCUT2D eigenvalue weighted by atomic mass is 10.1. The summed E-state index contributed by atoms with van der Waals surface area (Å²) in [5.74, 6) is -0.0212. The van der Waals surface area contributed by atoms with Crippen LogP contribution in [-0.4, -0.2) is 55.8 Å². The molecule has 0 bridgehead atoms. The zero-order chi connectivity index (χ0) is 19.3. The Kier molecular flexibility index (Phi) is 6.81. The van der Waals surface area contributed by atoms with Crippen LogP contribution in [0.4, 0.5) is 5.69 Å². The Bertz CT molecular complexity index is 761. The zero-order valence-electron chi connectivity index (χ0n) is 15.8. The number of rotatable bonds is 7. The van der Waals surface area contributed by atoms with E-state index >= 15 is 0 Å². The first kappa shape index (κ1) is 20.4. The summed E-state index contributed by atoms with van der Waals surface area (Å²) in [6, 6.07) is 7.45. The number of amides is 2. The van der Waals surface area contributed by atoms with Crippen molar-refractivity contribution in [2.75, 3.05) is 29.5 Å². The number of hydrogen-bond donors (Lipinski definition) is 0.